The summed E-state index contributed by atoms with van der Waals surface area (Å²) in [6.07, 6.45) is 0. The van der Waals surface area contributed by atoms with Gasteiger partial charge in [0.2, 0.25) is 10.0 Å². The van der Waals surface area contributed by atoms with E-state index in [2.05, 4.69) is 4.74 Å². The fraction of sp³-hybridized carbons (Fsp3) is 0.300. The van der Waals surface area contributed by atoms with Gasteiger partial charge in [-0.15, -0.1) is 0 Å². The number of esters is 1. The quantitative estimate of drug-likeness (QED) is 0.622. The van der Waals surface area contributed by atoms with E-state index in [1.165, 1.54) is 0 Å². The van der Waals surface area contributed by atoms with E-state index in [9.17, 15) is 17.6 Å². The van der Waals surface area contributed by atoms with Crippen molar-refractivity contribution in [2.24, 2.45) is 0 Å². The number of carbonyl (C=O) groups excluding carboxylic acids is 1. The molecule has 0 aliphatic heterocycles. The number of hydrogen-bond acceptors (Lipinski definition) is 5. The molecule has 0 unspecified atom stereocenters. The molecule has 19 heavy (non-hydrogen) atoms. The maximum atomic E-state index is 13.1. The first-order valence-electron chi connectivity index (χ1n) is 5.17. The number of hydrogen-bond donors (Lipinski definition) is 2. The molecule has 6 nitrogen and oxygen atoms in total. The van der Waals surface area contributed by atoms with Crippen LogP contribution in [0, 0.1) is 5.82 Å². The number of sulfonamides is 1. The largest absolute Gasteiger partial charge is 0.465 e. The van der Waals surface area contributed by atoms with E-state index < -0.39 is 33.3 Å². The van der Waals surface area contributed by atoms with Gasteiger partial charge in [0.05, 0.1) is 17.3 Å². The molecule has 3 N–H and O–H groups in total. The maximum Gasteiger partial charge on any atom is 0.321 e. The van der Waals surface area contributed by atoms with Gasteiger partial charge in [-0.3, -0.25) is 4.79 Å². The fourth-order valence-electron chi connectivity index (χ4n) is 1.19. The highest BCUT2D eigenvalue weighted by atomic mass is 35.5. The monoisotopic (exact) mass is 310 g/mol. The van der Waals surface area contributed by atoms with Gasteiger partial charge in [-0.05, 0) is 19.1 Å². The molecule has 0 spiro atoms. The van der Waals surface area contributed by atoms with Crippen molar-refractivity contribution in [1.82, 2.24) is 4.72 Å². The van der Waals surface area contributed by atoms with E-state index in [-0.39, 0.29) is 17.3 Å². The zero-order valence-corrected chi connectivity index (χ0v) is 11.5. The van der Waals surface area contributed by atoms with Crippen molar-refractivity contribution >= 4 is 33.3 Å². The maximum absolute atomic E-state index is 13.1. The number of carbonyl (C=O) groups is 1. The van der Waals surface area contributed by atoms with E-state index >= 15 is 0 Å². The van der Waals surface area contributed by atoms with Crippen LogP contribution in [0.25, 0.3) is 0 Å². The fourth-order valence-corrected chi connectivity index (χ4v) is 2.71. The van der Waals surface area contributed by atoms with Crippen molar-refractivity contribution in [3.05, 3.63) is 23.0 Å². The summed E-state index contributed by atoms with van der Waals surface area (Å²) in [5, 5.41) is -0.331. The van der Waals surface area contributed by atoms with Crippen molar-refractivity contribution < 1.29 is 22.3 Å². The van der Waals surface area contributed by atoms with Crippen LogP contribution in [0.5, 0.6) is 0 Å². The number of nitrogens with two attached hydrogens (primary N) is 1. The van der Waals surface area contributed by atoms with Crippen molar-refractivity contribution in [2.75, 3.05) is 18.9 Å². The molecule has 1 aromatic rings. The minimum atomic E-state index is -4.07. The van der Waals surface area contributed by atoms with Crippen molar-refractivity contribution in [2.45, 2.75) is 11.8 Å². The van der Waals surface area contributed by atoms with Crippen molar-refractivity contribution in [3.63, 3.8) is 0 Å². The molecule has 0 radical (unpaired) electrons. The van der Waals surface area contributed by atoms with Crippen LogP contribution in [0.2, 0.25) is 5.02 Å². The Morgan fingerprint density at radius 3 is 2.74 bits per heavy atom. The second-order valence-electron chi connectivity index (χ2n) is 3.43. The molecule has 0 aromatic heterocycles. The number of anilines is 1. The Morgan fingerprint density at radius 1 is 1.53 bits per heavy atom. The number of nitrogens with one attached hydrogen (secondary N) is 1. The van der Waals surface area contributed by atoms with E-state index in [0.29, 0.717) is 0 Å². The Bertz CT molecular complexity index is 591. The zero-order chi connectivity index (χ0) is 14.6. The third-order valence-corrected chi connectivity index (χ3v) is 3.92. The van der Waals surface area contributed by atoms with Crippen LogP contribution < -0.4 is 10.5 Å². The molecule has 0 fully saturated rings. The molecular formula is C10H12ClFN2O4S. The average molecular weight is 311 g/mol. The second-order valence-corrected chi connectivity index (χ2v) is 5.58. The Labute approximate surface area is 114 Å². The van der Waals surface area contributed by atoms with Crippen LogP contribution in [-0.4, -0.2) is 27.5 Å². The summed E-state index contributed by atoms with van der Waals surface area (Å²) in [4.78, 5) is 10.7. The summed E-state index contributed by atoms with van der Waals surface area (Å²) >= 11 is 5.63. The molecule has 0 bridgehead atoms. The summed E-state index contributed by atoms with van der Waals surface area (Å²) in [6.45, 7) is 1.17. The van der Waals surface area contributed by atoms with Gasteiger partial charge < -0.3 is 10.5 Å². The Morgan fingerprint density at radius 2 is 2.16 bits per heavy atom. The number of benzene rings is 1. The number of ether oxygens (including phenoxy) is 1. The molecule has 0 atom stereocenters. The molecule has 106 valence electrons. The third kappa shape index (κ3) is 4.05. The Hall–Kier alpha value is -1.38. The first-order valence-corrected chi connectivity index (χ1v) is 7.04. The lowest BCUT2D eigenvalue weighted by Crippen LogP contribution is -2.31. The summed E-state index contributed by atoms with van der Waals surface area (Å²) in [7, 11) is -4.07. The number of nitrogen functional groups attached to an aromatic ring is 1. The molecule has 0 saturated carbocycles. The van der Waals surface area contributed by atoms with Gasteiger partial charge in [-0.2, -0.15) is 4.72 Å². The molecule has 0 amide bonds. The Balaban J connectivity index is 2.95. The highest BCUT2D eigenvalue weighted by Gasteiger charge is 2.21. The first-order chi connectivity index (χ1) is 8.77. The van der Waals surface area contributed by atoms with Crippen molar-refractivity contribution in [3.8, 4) is 0 Å². The molecule has 9 heteroatoms. The van der Waals surface area contributed by atoms with Crippen LogP contribution >= 0.6 is 11.6 Å². The topological polar surface area (TPSA) is 98.5 Å². The molecule has 0 aliphatic carbocycles. The summed E-state index contributed by atoms with van der Waals surface area (Å²) in [6, 6.07) is 1.67. The number of rotatable bonds is 5. The van der Waals surface area contributed by atoms with Gasteiger partial charge in [0, 0.05) is 0 Å². The lowest BCUT2D eigenvalue weighted by atomic mass is 10.3. The van der Waals surface area contributed by atoms with E-state index in [4.69, 9.17) is 17.3 Å². The van der Waals surface area contributed by atoms with E-state index in [0.717, 1.165) is 12.1 Å². The predicted octanol–water partition coefficient (Wildman–Crippen LogP) is 0.903. The van der Waals surface area contributed by atoms with Gasteiger partial charge in [0.15, 0.2) is 0 Å². The predicted molar refractivity (Wildman–Crippen MR) is 67.6 cm³/mol. The average Bonchev–Trinajstić information content (AvgIpc) is 2.31. The lowest BCUT2D eigenvalue weighted by Gasteiger charge is -2.09. The van der Waals surface area contributed by atoms with Crippen LogP contribution in [0.15, 0.2) is 17.0 Å². The van der Waals surface area contributed by atoms with Gasteiger partial charge in [0.1, 0.15) is 17.3 Å². The standard InChI is InChI=1S/C10H12ClFN2O4S/c1-2-18-10(15)5-14-19(16,17)9-4-8(13)7(12)3-6(9)11/h3-4,14H,2,5,13H2,1H3. The minimum Gasteiger partial charge on any atom is -0.465 e. The summed E-state index contributed by atoms with van der Waals surface area (Å²) in [5.74, 6) is -1.56. The van der Waals surface area contributed by atoms with Gasteiger partial charge in [-0.25, -0.2) is 12.8 Å². The molecular weight excluding hydrogens is 299 g/mol. The number of halogens is 2. The molecule has 0 aliphatic rings. The first kappa shape index (κ1) is 15.7. The zero-order valence-electron chi connectivity index (χ0n) is 9.94. The summed E-state index contributed by atoms with van der Waals surface area (Å²) < 4.78 is 43.3. The van der Waals surface area contributed by atoms with Gasteiger partial charge >= 0.3 is 5.97 Å². The second kappa shape index (κ2) is 6.18. The van der Waals surface area contributed by atoms with Crippen LogP contribution in [0.4, 0.5) is 10.1 Å². The smallest absolute Gasteiger partial charge is 0.321 e. The normalized spacial score (nSPS) is 11.3. The van der Waals surface area contributed by atoms with Crippen LogP contribution in [0.1, 0.15) is 6.92 Å². The summed E-state index contributed by atoms with van der Waals surface area (Å²) in [5.41, 5.74) is 4.91. The van der Waals surface area contributed by atoms with Crippen LogP contribution in [-0.2, 0) is 19.6 Å². The minimum absolute atomic E-state index is 0.130. The highest BCUT2D eigenvalue weighted by Crippen LogP contribution is 2.25. The third-order valence-electron chi connectivity index (χ3n) is 2.05. The Kier molecular flexibility index (Phi) is 5.10. The molecule has 1 aromatic carbocycles. The SMILES string of the molecule is CCOC(=O)CNS(=O)(=O)c1cc(N)c(F)cc1Cl. The van der Waals surface area contributed by atoms with E-state index in [1.807, 2.05) is 4.72 Å². The lowest BCUT2D eigenvalue weighted by molar-refractivity contribution is -0.141. The van der Waals surface area contributed by atoms with Gasteiger partial charge in [0.25, 0.3) is 0 Å². The van der Waals surface area contributed by atoms with Gasteiger partial charge in [-0.1, -0.05) is 11.6 Å². The van der Waals surface area contributed by atoms with Crippen LogP contribution in [0.3, 0.4) is 0 Å². The highest BCUT2D eigenvalue weighted by molar-refractivity contribution is 7.89. The van der Waals surface area contributed by atoms with Crippen molar-refractivity contribution in [1.29, 1.82) is 0 Å². The van der Waals surface area contributed by atoms with E-state index in [1.54, 1.807) is 6.92 Å². The molecule has 0 saturated heterocycles. The molecule has 0 heterocycles. The molecule has 1 rings (SSSR count).